The third-order valence-electron chi connectivity index (χ3n) is 3.78. The Morgan fingerprint density at radius 1 is 1.22 bits per heavy atom. The highest BCUT2D eigenvalue weighted by Gasteiger charge is 2.17. The summed E-state index contributed by atoms with van der Waals surface area (Å²) in [5.41, 5.74) is 1.69. The Kier molecular flexibility index (Phi) is 4.25. The molecule has 27 heavy (non-hydrogen) atoms. The van der Waals surface area contributed by atoms with Gasteiger partial charge in [0.1, 0.15) is 11.4 Å². The number of fused-ring (bicyclic) bond motifs is 1. The van der Waals surface area contributed by atoms with Crippen LogP contribution in [0.1, 0.15) is 12.7 Å². The number of H-pyrrole nitrogens is 1. The van der Waals surface area contributed by atoms with Crippen molar-refractivity contribution in [3.63, 3.8) is 0 Å². The molecular formula is C18H16N6O3. The van der Waals surface area contributed by atoms with Gasteiger partial charge in [-0.15, -0.1) is 10.2 Å². The monoisotopic (exact) mass is 364 g/mol. The second kappa shape index (κ2) is 6.87. The maximum Gasteiger partial charge on any atom is 0.283 e. The zero-order valence-corrected chi connectivity index (χ0v) is 14.7. The second-order valence-electron chi connectivity index (χ2n) is 5.73. The fourth-order valence-corrected chi connectivity index (χ4v) is 2.60. The molecule has 9 nitrogen and oxygen atoms in total. The molecule has 1 aromatic carbocycles. The first-order valence-electron chi connectivity index (χ1n) is 8.35. The van der Waals surface area contributed by atoms with Crippen LogP contribution in [0.25, 0.3) is 16.9 Å². The molecule has 0 saturated heterocycles. The summed E-state index contributed by atoms with van der Waals surface area (Å²) in [5, 5.41) is 16.2. The number of rotatable bonds is 5. The smallest absolute Gasteiger partial charge is 0.283 e. The summed E-state index contributed by atoms with van der Waals surface area (Å²) in [4.78, 5) is 15.3. The van der Waals surface area contributed by atoms with Crippen molar-refractivity contribution in [1.82, 2.24) is 19.8 Å². The number of hydrogen-bond acceptors (Lipinski definition) is 7. The number of aryl methyl sites for hydroxylation is 1. The minimum Gasteiger partial charge on any atom is -0.476 e. The molecule has 0 aliphatic carbocycles. The summed E-state index contributed by atoms with van der Waals surface area (Å²) in [6.07, 6.45) is 0. The minimum absolute atomic E-state index is 0.00714. The van der Waals surface area contributed by atoms with Gasteiger partial charge >= 0.3 is 0 Å². The van der Waals surface area contributed by atoms with Gasteiger partial charge in [-0.3, -0.25) is 4.79 Å². The van der Waals surface area contributed by atoms with E-state index in [4.69, 9.17) is 9.26 Å². The van der Waals surface area contributed by atoms with Gasteiger partial charge in [-0.05, 0) is 13.8 Å². The summed E-state index contributed by atoms with van der Waals surface area (Å²) in [7, 11) is 0. The number of aromatic nitrogens is 4. The topological polar surface area (TPSA) is 110 Å². The third-order valence-corrected chi connectivity index (χ3v) is 3.78. The maximum atomic E-state index is 12.5. The first kappa shape index (κ1) is 16.7. The molecule has 9 heteroatoms. The Balaban J connectivity index is 1.85. The summed E-state index contributed by atoms with van der Waals surface area (Å²) in [6.45, 7) is 3.90. The Bertz CT molecular complexity index is 1170. The Labute approximate surface area is 153 Å². The fourth-order valence-electron chi connectivity index (χ4n) is 2.60. The van der Waals surface area contributed by atoms with Gasteiger partial charge in [0.2, 0.25) is 11.5 Å². The highest BCUT2D eigenvalue weighted by molar-refractivity contribution is 5.65. The van der Waals surface area contributed by atoms with Crippen molar-refractivity contribution in [3.05, 3.63) is 58.6 Å². The van der Waals surface area contributed by atoms with Crippen LogP contribution < -0.4 is 10.3 Å². The number of aromatic amines is 1. The number of benzene rings is 1. The summed E-state index contributed by atoms with van der Waals surface area (Å²) in [6, 6.07) is 13.0. The number of nitrogens with one attached hydrogen (secondary N) is 1. The van der Waals surface area contributed by atoms with Crippen LogP contribution in [0.4, 0.5) is 11.5 Å². The average Bonchev–Trinajstić information content (AvgIpc) is 3.28. The predicted molar refractivity (Wildman–Crippen MR) is 97.8 cm³/mol. The van der Waals surface area contributed by atoms with Crippen molar-refractivity contribution < 1.29 is 9.26 Å². The van der Waals surface area contributed by atoms with Gasteiger partial charge in [-0.2, -0.15) is 9.61 Å². The lowest BCUT2D eigenvalue weighted by molar-refractivity contribution is 0.318. The van der Waals surface area contributed by atoms with Crippen LogP contribution in [0.5, 0.6) is 5.88 Å². The van der Waals surface area contributed by atoms with Crippen LogP contribution in [0.2, 0.25) is 0 Å². The molecule has 0 aliphatic heterocycles. The minimum atomic E-state index is -0.436. The normalized spacial score (nSPS) is 11.5. The summed E-state index contributed by atoms with van der Waals surface area (Å²) >= 11 is 0. The highest BCUT2D eigenvalue weighted by atomic mass is 16.5. The predicted octanol–water partition coefficient (Wildman–Crippen LogP) is 3.80. The second-order valence-corrected chi connectivity index (χ2v) is 5.73. The molecule has 4 aromatic rings. The molecule has 0 bridgehead atoms. The lowest BCUT2D eigenvalue weighted by atomic mass is 10.2. The Morgan fingerprint density at radius 3 is 2.74 bits per heavy atom. The summed E-state index contributed by atoms with van der Waals surface area (Å²) in [5.74, 6) is 1.07. The molecule has 3 aromatic heterocycles. The molecule has 3 heterocycles. The van der Waals surface area contributed by atoms with Gasteiger partial charge in [0.25, 0.3) is 11.4 Å². The maximum absolute atomic E-state index is 12.5. The molecule has 1 N–H and O–H groups in total. The molecule has 0 amide bonds. The quantitative estimate of drug-likeness (QED) is 0.542. The average molecular weight is 364 g/mol. The summed E-state index contributed by atoms with van der Waals surface area (Å²) < 4.78 is 12.1. The van der Waals surface area contributed by atoms with Crippen LogP contribution in [0.15, 0.2) is 62.0 Å². The molecule has 0 unspecified atom stereocenters. The third kappa shape index (κ3) is 3.22. The van der Waals surface area contributed by atoms with E-state index in [-0.39, 0.29) is 17.4 Å². The van der Waals surface area contributed by atoms with E-state index < -0.39 is 5.56 Å². The lowest BCUT2D eigenvalue weighted by Crippen LogP contribution is -2.12. The first-order chi connectivity index (χ1) is 13.2. The van der Waals surface area contributed by atoms with Gasteiger partial charge in [-0.1, -0.05) is 35.5 Å². The van der Waals surface area contributed by atoms with E-state index in [2.05, 4.69) is 25.5 Å². The van der Waals surface area contributed by atoms with Crippen LogP contribution in [0.3, 0.4) is 0 Å². The van der Waals surface area contributed by atoms with Crippen molar-refractivity contribution in [1.29, 1.82) is 0 Å². The number of azo groups is 1. The Hall–Kier alpha value is -3.75. The molecule has 0 saturated carbocycles. The van der Waals surface area contributed by atoms with Crippen molar-refractivity contribution in [2.45, 2.75) is 13.8 Å². The van der Waals surface area contributed by atoms with E-state index in [9.17, 15) is 4.79 Å². The molecule has 136 valence electrons. The molecule has 0 aliphatic rings. The largest absolute Gasteiger partial charge is 0.476 e. The zero-order chi connectivity index (χ0) is 18.8. The first-order valence-corrected chi connectivity index (χ1v) is 8.35. The van der Waals surface area contributed by atoms with Crippen molar-refractivity contribution in [3.8, 4) is 17.1 Å². The highest BCUT2D eigenvalue weighted by Crippen LogP contribution is 2.28. The molecule has 0 radical (unpaired) electrons. The van der Waals surface area contributed by atoms with Crippen molar-refractivity contribution in [2.75, 3.05) is 6.61 Å². The van der Waals surface area contributed by atoms with Crippen LogP contribution >= 0.6 is 0 Å². The van der Waals surface area contributed by atoms with Crippen LogP contribution in [0, 0.1) is 6.92 Å². The van der Waals surface area contributed by atoms with Crippen LogP contribution in [-0.2, 0) is 0 Å². The number of ether oxygens (including phenoxy) is 1. The molecule has 4 rings (SSSR count). The van der Waals surface area contributed by atoms with E-state index >= 15 is 0 Å². The SMILES string of the molecule is CCOc1c(N=Nc2cc(C)on2)c(=O)[nH]c2cc(-c3ccccc3)nn12. The van der Waals surface area contributed by atoms with Gasteiger partial charge < -0.3 is 14.2 Å². The molecular weight excluding hydrogens is 348 g/mol. The fraction of sp³-hybridized carbons (Fsp3) is 0.167. The van der Waals surface area contributed by atoms with Gasteiger partial charge in [-0.25, -0.2) is 0 Å². The number of hydrogen-bond donors (Lipinski definition) is 1. The standard InChI is InChI=1S/C18H16N6O3/c1-3-26-18-16(21-20-14-9-11(2)27-23-14)17(25)19-15-10-13(22-24(15)18)12-7-5-4-6-8-12/h4-10H,3H2,1-2H3,(H,19,25). The zero-order valence-electron chi connectivity index (χ0n) is 14.7. The Morgan fingerprint density at radius 2 is 2.04 bits per heavy atom. The molecule has 0 spiro atoms. The van der Waals surface area contributed by atoms with Crippen molar-refractivity contribution in [2.24, 2.45) is 10.2 Å². The van der Waals surface area contributed by atoms with Gasteiger partial charge in [0.05, 0.1) is 12.3 Å². The van der Waals surface area contributed by atoms with E-state index in [1.54, 1.807) is 19.1 Å². The van der Waals surface area contributed by atoms with Gasteiger partial charge in [0, 0.05) is 17.7 Å². The van der Waals surface area contributed by atoms with E-state index in [0.29, 0.717) is 23.7 Å². The number of nitrogens with zero attached hydrogens (tertiary/aromatic N) is 5. The van der Waals surface area contributed by atoms with Gasteiger partial charge in [0.15, 0.2) is 0 Å². The van der Waals surface area contributed by atoms with Crippen molar-refractivity contribution >= 4 is 17.2 Å². The van der Waals surface area contributed by atoms with E-state index in [1.165, 1.54) is 4.52 Å². The van der Waals surface area contributed by atoms with E-state index in [1.807, 2.05) is 37.3 Å². The van der Waals surface area contributed by atoms with E-state index in [0.717, 1.165) is 5.56 Å². The molecule has 0 atom stereocenters. The lowest BCUT2D eigenvalue weighted by Gasteiger charge is -2.07. The molecule has 0 fully saturated rings. The van der Waals surface area contributed by atoms with Crippen LogP contribution in [-0.4, -0.2) is 26.4 Å².